The quantitative estimate of drug-likeness (QED) is 0.886. The minimum absolute atomic E-state index is 0.180. The van der Waals surface area contributed by atoms with Gasteiger partial charge in [0.2, 0.25) is 0 Å². The Bertz CT molecular complexity index is 510. The van der Waals surface area contributed by atoms with Gasteiger partial charge < -0.3 is 5.32 Å². The van der Waals surface area contributed by atoms with Gasteiger partial charge in [0.1, 0.15) is 0 Å². The SMILES string of the molecule is CCCNC(c1cccc(C)n1)c1sccc1Br. The average Bonchev–Trinajstić information content (AvgIpc) is 2.77. The predicted octanol–water partition coefficient (Wildman–Crippen LogP) is 4.30. The molecule has 96 valence electrons. The summed E-state index contributed by atoms with van der Waals surface area (Å²) in [5, 5.41) is 5.68. The molecule has 0 fully saturated rings. The minimum atomic E-state index is 0.180. The van der Waals surface area contributed by atoms with Crippen molar-refractivity contribution in [3.63, 3.8) is 0 Å². The Morgan fingerprint density at radius 2 is 2.22 bits per heavy atom. The maximum Gasteiger partial charge on any atom is 0.0856 e. The molecule has 2 nitrogen and oxygen atoms in total. The van der Waals surface area contributed by atoms with E-state index in [-0.39, 0.29) is 6.04 Å². The Morgan fingerprint density at radius 1 is 1.39 bits per heavy atom. The lowest BCUT2D eigenvalue weighted by Crippen LogP contribution is -2.23. The molecular weight excluding hydrogens is 308 g/mol. The summed E-state index contributed by atoms with van der Waals surface area (Å²) >= 11 is 5.38. The largest absolute Gasteiger partial charge is 0.304 e. The molecule has 0 amide bonds. The Kier molecular flexibility index (Phi) is 4.92. The number of nitrogens with zero attached hydrogens (tertiary/aromatic N) is 1. The zero-order valence-corrected chi connectivity index (χ0v) is 13.0. The molecule has 0 saturated carbocycles. The second-order valence-electron chi connectivity index (χ2n) is 4.22. The normalized spacial score (nSPS) is 12.6. The average molecular weight is 325 g/mol. The Hall–Kier alpha value is -0.710. The number of hydrogen-bond acceptors (Lipinski definition) is 3. The van der Waals surface area contributed by atoms with Gasteiger partial charge in [-0.15, -0.1) is 11.3 Å². The molecule has 1 N–H and O–H groups in total. The first kappa shape index (κ1) is 13.7. The number of thiophene rings is 1. The molecule has 0 aliphatic heterocycles. The fourth-order valence-electron chi connectivity index (χ4n) is 1.86. The molecule has 0 radical (unpaired) electrons. The van der Waals surface area contributed by atoms with Crippen molar-refractivity contribution >= 4 is 27.3 Å². The van der Waals surface area contributed by atoms with E-state index in [4.69, 9.17) is 0 Å². The van der Waals surface area contributed by atoms with Gasteiger partial charge in [0, 0.05) is 15.0 Å². The van der Waals surface area contributed by atoms with Gasteiger partial charge in [-0.25, -0.2) is 0 Å². The summed E-state index contributed by atoms with van der Waals surface area (Å²) in [7, 11) is 0. The second kappa shape index (κ2) is 6.45. The molecule has 0 spiro atoms. The van der Waals surface area contributed by atoms with Gasteiger partial charge in [0.05, 0.1) is 11.7 Å². The van der Waals surface area contributed by atoms with Crippen LogP contribution in [0.15, 0.2) is 34.1 Å². The molecule has 2 aromatic heterocycles. The van der Waals surface area contributed by atoms with E-state index in [1.165, 1.54) is 4.88 Å². The highest BCUT2D eigenvalue weighted by Gasteiger charge is 2.18. The van der Waals surface area contributed by atoms with E-state index in [0.717, 1.165) is 28.8 Å². The molecule has 1 unspecified atom stereocenters. The van der Waals surface area contributed by atoms with Gasteiger partial charge in [-0.05, 0) is 59.4 Å². The third-order valence-electron chi connectivity index (χ3n) is 2.71. The van der Waals surface area contributed by atoms with E-state index in [1.807, 2.05) is 13.0 Å². The highest BCUT2D eigenvalue weighted by Crippen LogP contribution is 2.32. The van der Waals surface area contributed by atoms with E-state index in [1.54, 1.807) is 11.3 Å². The van der Waals surface area contributed by atoms with E-state index in [0.29, 0.717) is 0 Å². The Balaban J connectivity index is 2.33. The van der Waals surface area contributed by atoms with Gasteiger partial charge in [0.25, 0.3) is 0 Å². The van der Waals surface area contributed by atoms with Crippen molar-refractivity contribution in [2.75, 3.05) is 6.54 Å². The van der Waals surface area contributed by atoms with Crippen LogP contribution in [0.25, 0.3) is 0 Å². The van der Waals surface area contributed by atoms with Crippen LogP contribution in [0.4, 0.5) is 0 Å². The number of pyridine rings is 1. The van der Waals surface area contributed by atoms with Crippen molar-refractivity contribution in [1.29, 1.82) is 0 Å². The first-order valence-electron chi connectivity index (χ1n) is 6.12. The van der Waals surface area contributed by atoms with Crippen molar-refractivity contribution in [2.24, 2.45) is 0 Å². The standard InChI is InChI=1S/C14H17BrN2S/c1-3-8-16-13(14-11(15)7-9-18-14)12-6-4-5-10(2)17-12/h4-7,9,13,16H,3,8H2,1-2H3. The predicted molar refractivity (Wildman–Crippen MR) is 81.1 cm³/mol. The number of nitrogens with one attached hydrogen (secondary N) is 1. The number of aryl methyl sites for hydroxylation is 1. The number of halogens is 1. The lowest BCUT2D eigenvalue weighted by Gasteiger charge is -2.17. The summed E-state index contributed by atoms with van der Waals surface area (Å²) in [6, 6.07) is 8.46. The zero-order chi connectivity index (χ0) is 13.0. The zero-order valence-electron chi connectivity index (χ0n) is 10.6. The van der Waals surface area contributed by atoms with E-state index in [9.17, 15) is 0 Å². The molecule has 2 aromatic rings. The van der Waals surface area contributed by atoms with Crippen LogP contribution in [0, 0.1) is 6.92 Å². The molecular formula is C14H17BrN2S. The van der Waals surface area contributed by atoms with Crippen LogP contribution in [-0.2, 0) is 0 Å². The van der Waals surface area contributed by atoms with Crippen LogP contribution in [-0.4, -0.2) is 11.5 Å². The van der Waals surface area contributed by atoms with Crippen molar-refractivity contribution in [2.45, 2.75) is 26.3 Å². The lowest BCUT2D eigenvalue weighted by molar-refractivity contribution is 0.591. The fourth-order valence-corrected chi connectivity index (χ4v) is 3.54. The van der Waals surface area contributed by atoms with Gasteiger partial charge in [0.15, 0.2) is 0 Å². The number of rotatable bonds is 5. The molecule has 0 saturated heterocycles. The van der Waals surface area contributed by atoms with Crippen LogP contribution >= 0.6 is 27.3 Å². The van der Waals surface area contributed by atoms with Crippen LogP contribution in [0.1, 0.15) is 35.7 Å². The van der Waals surface area contributed by atoms with Crippen LogP contribution in [0.5, 0.6) is 0 Å². The first-order valence-corrected chi connectivity index (χ1v) is 7.79. The summed E-state index contributed by atoms with van der Waals surface area (Å²) in [6.45, 7) is 5.20. The van der Waals surface area contributed by atoms with Gasteiger partial charge in [-0.1, -0.05) is 13.0 Å². The third-order valence-corrected chi connectivity index (χ3v) is 4.65. The van der Waals surface area contributed by atoms with Crippen LogP contribution in [0.3, 0.4) is 0 Å². The number of hydrogen-bond donors (Lipinski definition) is 1. The molecule has 18 heavy (non-hydrogen) atoms. The van der Waals surface area contributed by atoms with Crippen LogP contribution in [0.2, 0.25) is 0 Å². The summed E-state index contributed by atoms with van der Waals surface area (Å²) < 4.78 is 1.16. The third kappa shape index (κ3) is 3.19. The molecule has 1 atom stereocenters. The summed E-state index contributed by atoms with van der Waals surface area (Å²) in [6.07, 6.45) is 1.12. The smallest absolute Gasteiger partial charge is 0.0856 e. The van der Waals surface area contributed by atoms with Gasteiger partial charge in [-0.2, -0.15) is 0 Å². The van der Waals surface area contributed by atoms with E-state index in [2.05, 4.69) is 56.7 Å². The molecule has 0 aromatic carbocycles. The maximum atomic E-state index is 4.65. The Morgan fingerprint density at radius 3 is 2.83 bits per heavy atom. The van der Waals surface area contributed by atoms with Gasteiger partial charge >= 0.3 is 0 Å². The van der Waals surface area contributed by atoms with Crippen LogP contribution < -0.4 is 5.32 Å². The molecule has 0 aliphatic carbocycles. The van der Waals surface area contributed by atoms with E-state index < -0.39 is 0 Å². The first-order chi connectivity index (χ1) is 8.72. The molecule has 0 aliphatic rings. The molecule has 0 bridgehead atoms. The molecule has 2 heterocycles. The van der Waals surface area contributed by atoms with Gasteiger partial charge in [-0.3, -0.25) is 4.98 Å². The highest BCUT2D eigenvalue weighted by molar-refractivity contribution is 9.10. The Labute approximate surface area is 121 Å². The van der Waals surface area contributed by atoms with Crippen molar-refractivity contribution in [3.05, 3.63) is 50.4 Å². The lowest BCUT2D eigenvalue weighted by atomic mass is 10.1. The summed E-state index contributed by atoms with van der Waals surface area (Å²) in [5.74, 6) is 0. The van der Waals surface area contributed by atoms with Crippen molar-refractivity contribution in [1.82, 2.24) is 10.3 Å². The monoisotopic (exact) mass is 324 g/mol. The summed E-state index contributed by atoms with van der Waals surface area (Å²) in [5.41, 5.74) is 2.15. The highest BCUT2D eigenvalue weighted by atomic mass is 79.9. The van der Waals surface area contributed by atoms with Crippen molar-refractivity contribution in [3.8, 4) is 0 Å². The molecule has 2 rings (SSSR count). The molecule has 4 heteroatoms. The van der Waals surface area contributed by atoms with Crippen molar-refractivity contribution < 1.29 is 0 Å². The second-order valence-corrected chi connectivity index (χ2v) is 6.03. The minimum Gasteiger partial charge on any atom is -0.304 e. The topological polar surface area (TPSA) is 24.9 Å². The maximum absolute atomic E-state index is 4.65. The van der Waals surface area contributed by atoms with E-state index >= 15 is 0 Å². The number of aromatic nitrogens is 1. The summed E-state index contributed by atoms with van der Waals surface area (Å²) in [4.78, 5) is 5.94. The fraction of sp³-hybridized carbons (Fsp3) is 0.357.